The van der Waals surface area contributed by atoms with E-state index < -0.39 is 26.1 Å². The quantitative estimate of drug-likeness (QED) is 0.533. The first-order chi connectivity index (χ1) is 10.4. The van der Waals surface area contributed by atoms with Crippen LogP contribution in [0.3, 0.4) is 0 Å². The van der Waals surface area contributed by atoms with Gasteiger partial charge >= 0.3 is 0 Å². The molecular weight excluding hydrogens is 298 g/mol. The average Bonchev–Trinajstić information content (AvgIpc) is 2.82. The Morgan fingerprint density at radius 2 is 1.41 bits per heavy atom. The number of nitro benzene ring substituents is 3. The number of hydrogen-bond acceptors (Lipinski definition) is 7. The van der Waals surface area contributed by atoms with Gasteiger partial charge in [-0.15, -0.1) is 0 Å². The summed E-state index contributed by atoms with van der Waals surface area (Å²) in [5.41, 5.74) is -1.25. The standard InChI is InChI=1S/C12H5N3O7/c16-13(17)6-1-2-8-10(4-6)22-11-5-7(14(18)19)3-9(12(8)11)15(20)21/h1-5H. The highest BCUT2D eigenvalue weighted by Gasteiger charge is 2.25. The lowest BCUT2D eigenvalue weighted by Gasteiger charge is -1.95. The van der Waals surface area contributed by atoms with Crippen LogP contribution in [-0.2, 0) is 0 Å². The Labute approximate surface area is 120 Å². The molecule has 0 aliphatic heterocycles. The fourth-order valence-corrected chi connectivity index (χ4v) is 2.22. The lowest BCUT2D eigenvalue weighted by atomic mass is 10.1. The van der Waals surface area contributed by atoms with Gasteiger partial charge in [-0.2, -0.15) is 0 Å². The maximum Gasteiger partial charge on any atom is 0.287 e. The van der Waals surface area contributed by atoms with Crippen molar-refractivity contribution in [3.63, 3.8) is 0 Å². The van der Waals surface area contributed by atoms with Gasteiger partial charge in [0.1, 0.15) is 16.6 Å². The summed E-state index contributed by atoms with van der Waals surface area (Å²) in [6.07, 6.45) is 0. The third-order valence-corrected chi connectivity index (χ3v) is 3.14. The molecule has 0 aliphatic rings. The van der Waals surface area contributed by atoms with Crippen LogP contribution in [0.5, 0.6) is 0 Å². The summed E-state index contributed by atoms with van der Waals surface area (Å²) in [6.45, 7) is 0. The van der Waals surface area contributed by atoms with Gasteiger partial charge in [-0.05, 0) is 6.07 Å². The molecular formula is C12H5N3O7. The van der Waals surface area contributed by atoms with Crippen molar-refractivity contribution in [3.8, 4) is 0 Å². The maximum absolute atomic E-state index is 11.1. The summed E-state index contributed by atoms with van der Waals surface area (Å²) in [5, 5.41) is 33.1. The molecule has 0 fully saturated rings. The zero-order valence-electron chi connectivity index (χ0n) is 10.6. The fraction of sp³-hybridized carbons (Fsp3) is 0. The van der Waals surface area contributed by atoms with Gasteiger partial charge in [-0.3, -0.25) is 30.3 Å². The van der Waals surface area contributed by atoms with Crippen molar-refractivity contribution < 1.29 is 19.2 Å². The second-order valence-electron chi connectivity index (χ2n) is 4.39. The largest absolute Gasteiger partial charge is 0.455 e. The molecule has 0 radical (unpaired) electrons. The number of fused-ring (bicyclic) bond motifs is 3. The van der Waals surface area contributed by atoms with E-state index in [2.05, 4.69) is 0 Å². The molecule has 0 bridgehead atoms. The Kier molecular flexibility index (Phi) is 2.73. The van der Waals surface area contributed by atoms with E-state index in [4.69, 9.17) is 4.42 Å². The zero-order valence-corrected chi connectivity index (χ0v) is 10.6. The molecule has 3 rings (SSSR count). The summed E-state index contributed by atoms with van der Waals surface area (Å²) in [6, 6.07) is 5.50. The van der Waals surface area contributed by atoms with Gasteiger partial charge in [-0.1, -0.05) is 0 Å². The molecule has 10 nitrogen and oxygen atoms in total. The molecule has 10 heteroatoms. The van der Waals surface area contributed by atoms with Crippen LogP contribution < -0.4 is 0 Å². The van der Waals surface area contributed by atoms with Crippen LogP contribution in [0.15, 0.2) is 34.7 Å². The van der Waals surface area contributed by atoms with Gasteiger partial charge in [0, 0.05) is 11.5 Å². The Morgan fingerprint density at radius 1 is 0.773 bits per heavy atom. The van der Waals surface area contributed by atoms with Gasteiger partial charge in [-0.25, -0.2) is 0 Å². The first-order valence-corrected chi connectivity index (χ1v) is 5.82. The lowest BCUT2D eigenvalue weighted by Crippen LogP contribution is -1.93. The van der Waals surface area contributed by atoms with Gasteiger partial charge in [0.05, 0.1) is 33.0 Å². The highest BCUT2D eigenvalue weighted by molar-refractivity contribution is 6.10. The lowest BCUT2D eigenvalue weighted by molar-refractivity contribution is -0.393. The van der Waals surface area contributed by atoms with E-state index in [9.17, 15) is 30.3 Å². The van der Waals surface area contributed by atoms with Crippen molar-refractivity contribution in [1.82, 2.24) is 0 Å². The number of nitro groups is 3. The predicted octanol–water partition coefficient (Wildman–Crippen LogP) is 3.31. The molecule has 0 unspecified atom stereocenters. The molecule has 0 N–H and O–H groups in total. The zero-order chi connectivity index (χ0) is 16.0. The molecule has 1 aromatic heterocycles. The second kappa shape index (κ2) is 4.48. The SMILES string of the molecule is O=[N+]([O-])c1ccc2c(c1)oc1cc([N+](=O)[O-])cc([N+](=O)[O-])c12. The van der Waals surface area contributed by atoms with Crippen molar-refractivity contribution in [2.24, 2.45) is 0 Å². The number of benzene rings is 2. The summed E-state index contributed by atoms with van der Waals surface area (Å²) in [5.74, 6) is 0. The van der Waals surface area contributed by atoms with Crippen molar-refractivity contribution in [2.45, 2.75) is 0 Å². The van der Waals surface area contributed by atoms with E-state index >= 15 is 0 Å². The second-order valence-corrected chi connectivity index (χ2v) is 4.39. The van der Waals surface area contributed by atoms with Crippen LogP contribution in [0.1, 0.15) is 0 Å². The molecule has 2 aromatic carbocycles. The minimum Gasteiger partial charge on any atom is -0.455 e. The Hall–Kier alpha value is -3.56. The van der Waals surface area contributed by atoms with Crippen LogP contribution in [0.4, 0.5) is 17.1 Å². The molecule has 0 atom stereocenters. The van der Waals surface area contributed by atoms with E-state index in [0.717, 1.165) is 18.2 Å². The topological polar surface area (TPSA) is 143 Å². The van der Waals surface area contributed by atoms with Crippen molar-refractivity contribution in [3.05, 3.63) is 60.7 Å². The minimum atomic E-state index is -0.776. The summed E-state index contributed by atoms with van der Waals surface area (Å²) < 4.78 is 5.31. The van der Waals surface area contributed by atoms with Crippen LogP contribution in [-0.4, -0.2) is 14.8 Å². The predicted molar refractivity (Wildman–Crippen MR) is 73.7 cm³/mol. The first-order valence-electron chi connectivity index (χ1n) is 5.82. The van der Waals surface area contributed by atoms with Crippen molar-refractivity contribution >= 4 is 39.0 Å². The Morgan fingerprint density at radius 3 is 2.00 bits per heavy atom. The van der Waals surface area contributed by atoms with Crippen LogP contribution >= 0.6 is 0 Å². The number of furan rings is 1. The number of rotatable bonds is 3. The van der Waals surface area contributed by atoms with E-state index in [1.165, 1.54) is 12.1 Å². The molecule has 0 aliphatic carbocycles. The summed E-state index contributed by atoms with van der Waals surface area (Å²) >= 11 is 0. The number of hydrogen-bond donors (Lipinski definition) is 0. The Bertz CT molecular complexity index is 976. The van der Waals surface area contributed by atoms with Crippen LogP contribution in [0.25, 0.3) is 21.9 Å². The number of non-ortho nitro benzene ring substituents is 3. The molecule has 0 amide bonds. The van der Waals surface area contributed by atoms with E-state index in [0.29, 0.717) is 0 Å². The van der Waals surface area contributed by atoms with Crippen LogP contribution in [0, 0.1) is 30.3 Å². The van der Waals surface area contributed by atoms with Crippen molar-refractivity contribution in [1.29, 1.82) is 0 Å². The third kappa shape index (κ3) is 1.90. The molecule has 0 saturated carbocycles. The highest BCUT2D eigenvalue weighted by Crippen LogP contribution is 2.39. The van der Waals surface area contributed by atoms with E-state index in [-0.39, 0.29) is 27.6 Å². The molecule has 0 spiro atoms. The third-order valence-electron chi connectivity index (χ3n) is 3.14. The van der Waals surface area contributed by atoms with Gasteiger partial charge in [0.15, 0.2) is 0 Å². The highest BCUT2D eigenvalue weighted by atomic mass is 16.6. The maximum atomic E-state index is 11.1. The molecule has 22 heavy (non-hydrogen) atoms. The van der Waals surface area contributed by atoms with Crippen molar-refractivity contribution in [2.75, 3.05) is 0 Å². The van der Waals surface area contributed by atoms with Gasteiger partial charge < -0.3 is 4.42 Å². The normalized spacial score (nSPS) is 10.9. The molecule has 3 aromatic rings. The monoisotopic (exact) mass is 303 g/mol. The molecule has 1 heterocycles. The van der Waals surface area contributed by atoms with Gasteiger partial charge in [0.25, 0.3) is 17.1 Å². The molecule has 0 saturated heterocycles. The minimum absolute atomic E-state index is 0.0489. The smallest absolute Gasteiger partial charge is 0.287 e. The molecule has 110 valence electrons. The average molecular weight is 303 g/mol. The first kappa shape index (κ1) is 13.4. The van der Waals surface area contributed by atoms with Crippen LogP contribution in [0.2, 0.25) is 0 Å². The summed E-state index contributed by atoms with van der Waals surface area (Å²) in [7, 11) is 0. The van der Waals surface area contributed by atoms with Gasteiger partial charge in [0.2, 0.25) is 0 Å². The number of nitrogens with zero attached hydrogens (tertiary/aromatic N) is 3. The summed E-state index contributed by atoms with van der Waals surface area (Å²) in [4.78, 5) is 30.5. The van der Waals surface area contributed by atoms with E-state index in [1.54, 1.807) is 0 Å². The Balaban J connectivity index is 2.44. The van der Waals surface area contributed by atoms with E-state index in [1.807, 2.05) is 0 Å². The fourth-order valence-electron chi connectivity index (χ4n) is 2.22.